The minimum absolute atomic E-state index is 0. The third kappa shape index (κ3) is 25.5. The van der Waals surface area contributed by atoms with Crippen LogP contribution in [0.5, 0.6) is 0 Å². The molecule has 2 rings (SSSR count). The molecule has 0 unspecified atom stereocenters. The van der Waals surface area contributed by atoms with Crippen molar-refractivity contribution in [1.29, 1.82) is 0 Å². The lowest BCUT2D eigenvalue weighted by molar-refractivity contribution is -0.697. The van der Waals surface area contributed by atoms with E-state index in [1.54, 1.807) is 0 Å². The second-order valence-electron chi connectivity index (χ2n) is 12.3. The highest BCUT2D eigenvalue weighted by Gasteiger charge is 2.04. The lowest BCUT2D eigenvalue weighted by Crippen LogP contribution is -3.00. The average Bonchev–Trinajstić information content (AvgIpc) is 3.02. The Morgan fingerprint density at radius 2 is 0.659 bits per heavy atom. The Balaban J connectivity index is 0.00000924. The van der Waals surface area contributed by atoms with Crippen molar-refractivity contribution in [3.8, 4) is 0 Å². The fourth-order valence-electron chi connectivity index (χ4n) is 5.53. The van der Waals surface area contributed by atoms with Gasteiger partial charge in [0, 0.05) is 46.9 Å². The van der Waals surface area contributed by atoms with Gasteiger partial charge in [-0.3, -0.25) is 0 Å². The normalized spacial score (nSPS) is 10.9. The van der Waals surface area contributed by atoms with Crippen molar-refractivity contribution < 1.29 is 57.1 Å². The molecule has 0 aliphatic heterocycles. The molecule has 2 nitrogen and oxygen atoms in total. The molecule has 44 heavy (non-hydrogen) atoms. The molecule has 0 saturated heterocycles. The van der Waals surface area contributed by atoms with Crippen molar-refractivity contribution >= 4 is 23.5 Å². The zero-order valence-corrected chi connectivity index (χ0v) is 34.4. The summed E-state index contributed by atoms with van der Waals surface area (Å²) in [5, 5.41) is 0. The van der Waals surface area contributed by atoms with Gasteiger partial charge in [0.25, 0.3) is 0 Å². The van der Waals surface area contributed by atoms with Gasteiger partial charge < -0.3 is 48.0 Å². The molecular weight excluding hydrogens is 802 g/mol. The first-order chi connectivity index (χ1) is 20.8. The van der Waals surface area contributed by atoms with Crippen LogP contribution in [0.1, 0.15) is 155 Å². The fraction of sp³-hybridized carbons (Fsp3) is 0.737. The molecule has 0 N–H and O–H groups in total. The van der Waals surface area contributed by atoms with Crippen molar-refractivity contribution in [3.63, 3.8) is 0 Å². The van der Waals surface area contributed by atoms with Gasteiger partial charge in [0.05, 0.1) is 0 Å². The van der Waals surface area contributed by atoms with Crippen LogP contribution < -0.4 is 57.1 Å². The first-order valence-corrected chi connectivity index (χ1v) is 20.0. The lowest BCUT2D eigenvalue weighted by atomic mass is 10.1. The van der Waals surface area contributed by atoms with Gasteiger partial charge in [0.1, 0.15) is 13.1 Å². The van der Waals surface area contributed by atoms with E-state index < -0.39 is 0 Å². The van der Waals surface area contributed by atoms with Gasteiger partial charge in [-0.1, -0.05) is 117 Å². The van der Waals surface area contributed by atoms with Crippen molar-refractivity contribution in [2.45, 2.75) is 178 Å². The van der Waals surface area contributed by atoms with Crippen molar-refractivity contribution in [3.05, 3.63) is 49.1 Å². The molecule has 0 aliphatic rings. The topological polar surface area (TPSA) is 7.76 Å². The molecule has 0 spiro atoms. The van der Waals surface area contributed by atoms with Crippen molar-refractivity contribution in [2.75, 3.05) is 11.5 Å². The number of unbranched alkanes of at least 4 members (excludes halogenated alkanes) is 19. The maximum Gasteiger partial charge on any atom is 0.169 e. The number of aromatic nitrogens is 2. The second-order valence-corrected chi connectivity index (χ2v) is 14.6. The molecule has 0 aliphatic carbocycles. The van der Waals surface area contributed by atoms with Gasteiger partial charge in [-0.2, -0.15) is 0 Å². The molecule has 0 radical (unpaired) electrons. The maximum atomic E-state index is 2.37. The molecule has 0 aromatic carbocycles. The summed E-state index contributed by atoms with van der Waals surface area (Å²) in [7, 11) is 0. The van der Waals surface area contributed by atoms with Crippen LogP contribution in [0.4, 0.5) is 0 Å². The Morgan fingerprint density at radius 3 is 0.977 bits per heavy atom. The predicted molar refractivity (Wildman–Crippen MR) is 188 cm³/mol. The van der Waals surface area contributed by atoms with Crippen LogP contribution in [0.3, 0.4) is 0 Å². The van der Waals surface area contributed by atoms with E-state index in [1.165, 1.54) is 176 Å². The first kappa shape index (κ1) is 44.5. The number of aryl methyl sites for hydroxylation is 2. The highest BCUT2D eigenvalue weighted by atomic mass is 127. The summed E-state index contributed by atoms with van der Waals surface area (Å²) in [5.41, 5.74) is 0. The molecule has 0 atom stereocenters. The van der Waals surface area contributed by atoms with Gasteiger partial charge in [-0.05, 0) is 37.2 Å². The van der Waals surface area contributed by atoms with Crippen LogP contribution in [-0.4, -0.2) is 11.5 Å². The number of hydrogen-bond acceptors (Lipinski definition) is 2. The summed E-state index contributed by atoms with van der Waals surface area (Å²) in [5.74, 6) is 2.51. The van der Waals surface area contributed by atoms with Crippen LogP contribution in [0, 0.1) is 0 Å². The third-order valence-corrected chi connectivity index (χ3v) is 10.5. The van der Waals surface area contributed by atoms with Gasteiger partial charge in [-0.15, -0.1) is 23.5 Å². The fourth-order valence-corrected chi connectivity index (χ4v) is 7.32. The minimum atomic E-state index is 0. The molecule has 6 heteroatoms. The maximum absolute atomic E-state index is 2.37. The van der Waals surface area contributed by atoms with Crippen LogP contribution >= 0.6 is 23.5 Å². The number of nitrogens with zero attached hydrogens (tertiary/aromatic N) is 2. The Hall–Kier alpha value is 0.460. The predicted octanol–water partition coefficient (Wildman–Crippen LogP) is 5.78. The molecule has 2 heterocycles. The van der Waals surface area contributed by atoms with Gasteiger partial charge in [0.15, 0.2) is 24.8 Å². The molecule has 0 saturated carbocycles. The molecule has 0 fully saturated rings. The number of hydrogen-bond donors (Lipinski definition) is 0. The number of pyridine rings is 2. The summed E-state index contributed by atoms with van der Waals surface area (Å²) in [6, 6.07) is 9.26. The van der Waals surface area contributed by atoms with E-state index in [4.69, 9.17) is 0 Å². The van der Waals surface area contributed by atoms with Crippen LogP contribution in [-0.2, 0) is 13.1 Å². The summed E-state index contributed by atoms with van der Waals surface area (Å²) < 4.78 is 4.73. The first-order valence-electron chi connectivity index (χ1n) is 18.1. The van der Waals surface area contributed by atoms with E-state index in [-0.39, 0.29) is 48.0 Å². The summed E-state index contributed by atoms with van der Waals surface area (Å²) in [6.45, 7) is 6.93. The standard InChI is InChI=1S/C38H66N2S2.2HI/c1-3-5-7-9-11-13-17-21-29-39-31-25-37(26-32-39)41-35-23-19-15-16-20-24-36-42-38-27-33-40(34-28-38)30-22-18-14-12-10-8-6-4-2;;/h25-28,31-34H,3-24,29-30,35-36H2,1-2H3;2*1H/q+2;;/p-2. The summed E-state index contributed by atoms with van der Waals surface area (Å²) >= 11 is 4.06. The zero-order valence-electron chi connectivity index (χ0n) is 28.5. The molecular formula is C38H66I2N2S2. The molecule has 2 aromatic rings. The Morgan fingerprint density at radius 1 is 0.386 bits per heavy atom. The summed E-state index contributed by atoms with van der Waals surface area (Å²) in [4.78, 5) is 2.86. The molecule has 0 bridgehead atoms. The number of halogens is 2. The van der Waals surface area contributed by atoms with E-state index in [9.17, 15) is 0 Å². The van der Waals surface area contributed by atoms with E-state index in [1.807, 2.05) is 23.5 Å². The van der Waals surface area contributed by atoms with E-state index in [2.05, 4.69) is 72.0 Å². The van der Waals surface area contributed by atoms with Gasteiger partial charge in [0.2, 0.25) is 0 Å². The zero-order chi connectivity index (χ0) is 29.8. The number of rotatable bonds is 29. The lowest BCUT2D eigenvalue weighted by Gasteiger charge is -2.04. The SMILES string of the molecule is CCCCCCCCCC[n+]1ccc(SCCCCCCCCSc2cc[n+](CCCCCCCCCC)cc2)cc1.[I-].[I-]. The van der Waals surface area contributed by atoms with Crippen LogP contribution in [0.15, 0.2) is 58.8 Å². The van der Waals surface area contributed by atoms with Crippen molar-refractivity contribution in [2.24, 2.45) is 0 Å². The van der Waals surface area contributed by atoms with Crippen LogP contribution in [0.2, 0.25) is 0 Å². The van der Waals surface area contributed by atoms with Gasteiger partial charge >= 0.3 is 0 Å². The van der Waals surface area contributed by atoms with Crippen molar-refractivity contribution in [1.82, 2.24) is 0 Å². The monoisotopic (exact) mass is 868 g/mol. The third-order valence-electron chi connectivity index (χ3n) is 8.34. The van der Waals surface area contributed by atoms with E-state index >= 15 is 0 Å². The quantitative estimate of drug-likeness (QED) is 0.0444. The highest BCUT2D eigenvalue weighted by Crippen LogP contribution is 2.21. The van der Waals surface area contributed by atoms with Crippen LogP contribution in [0.25, 0.3) is 0 Å². The molecule has 0 amide bonds. The van der Waals surface area contributed by atoms with Gasteiger partial charge in [-0.25, -0.2) is 9.13 Å². The smallest absolute Gasteiger partial charge is 0.169 e. The Kier molecular flexibility index (Phi) is 33.7. The second kappa shape index (κ2) is 33.4. The molecule has 254 valence electrons. The Labute approximate surface area is 316 Å². The largest absolute Gasteiger partial charge is 1.00 e. The summed E-state index contributed by atoms with van der Waals surface area (Å²) in [6.07, 6.45) is 39.6. The average molecular weight is 869 g/mol. The number of thioether (sulfide) groups is 2. The highest BCUT2D eigenvalue weighted by molar-refractivity contribution is 7.99. The van der Waals surface area contributed by atoms with E-state index in [0.717, 1.165) is 0 Å². The van der Waals surface area contributed by atoms with E-state index in [0.29, 0.717) is 0 Å². The molecule has 2 aromatic heterocycles. The Bertz CT molecular complexity index is 777. The minimum Gasteiger partial charge on any atom is -1.00 e.